The first kappa shape index (κ1) is 19.0. The fourth-order valence-corrected chi connectivity index (χ4v) is 3.16. The van der Waals surface area contributed by atoms with Crippen LogP contribution in [0, 0.1) is 11.6 Å². The second-order valence-corrected chi connectivity index (χ2v) is 6.33. The lowest BCUT2D eigenvalue weighted by Crippen LogP contribution is -2.06. The molecule has 0 spiro atoms. The fourth-order valence-electron chi connectivity index (χ4n) is 3.16. The van der Waals surface area contributed by atoms with E-state index in [9.17, 15) is 22.0 Å². The Morgan fingerprint density at radius 3 is 2.38 bits per heavy atom. The summed E-state index contributed by atoms with van der Waals surface area (Å²) in [6, 6.07) is 8.95. The van der Waals surface area contributed by atoms with E-state index in [0.717, 1.165) is 22.9 Å². The minimum Gasteiger partial charge on any atom is -0.495 e. The van der Waals surface area contributed by atoms with E-state index >= 15 is 0 Å². The average Bonchev–Trinajstić information content (AvgIpc) is 3.26. The molecule has 0 radical (unpaired) electrons. The third-order valence-corrected chi connectivity index (χ3v) is 4.51. The number of hydrogen-bond donors (Lipinski definition) is 0. The van der Waals surface area contributed by atoms with Gasteiger partial charge < -0.3 is 9.15 Å². The molecule has 150 valence electrons. The highest BCUT2D eigenvalue weighted by Gasteiger charge is 2.35. The Morgan fingerprint density at radius 2 is 1.76 bits per heavy atom. The van der Waals surface area contributed by atoms with Crippen molar-refractivity contribution in [2.24, 2.45) is 7.05 Å². The summed E-state index contributed by atoms with van der Waals surface area (Å²) in [7, 11) is 2.78. The number of aromatic nitrogens is 2. The maximum atomic E-state index is 13.6. The Morgan fingerprint density at radius 1 is 1.00 bits per heavy atom. The van der Waals surface area contributed by atoms with Crippen LogP contribution in [0.25, 0.3) is 33.6 Å². The first-order valence-electron chi connectivity index (χ1n) is 8.36. The zero-order valence-corrected chi connectivity index (χ0v) is 15.1. The maximum absolute atomic E-state index is 13.6. The molecule has 4 rings (SSSR count). The average molecular weight is 408 g/mol. The summed E-state index contributed by atoms with van der Waals surface area (Å²) in [4.78, 5) is 0. The quantitative estimate of drug-likeness (QED) is 0.402. The molecular formula is C20H13F5N2O2. The highest BCUT2D eigenvalue weighted by molar-refractivity contribution is 5.94. The van der Waals surface area contributed by atoms with E-state index < -0.39 is 23.5 Å². The molecule has 29 heavy (non-hydrogen) atoms. The van der Waals surface area contributed by atoms with E-state index in [1.165, 1.54) is 20.2 Å². The minimum absolute atomic E-state index is 0.201. The smallest absolute Gasteiger partial charge is 0.435 e. The topological polar surface area (TPSA) is 40.2 Å². The van der Waals surface area contributed by atoms with Gasteiger partial charge in [-0.25, -0.2) is 8.78 Å². The summed E-state index contributed by atoms with van der Waals surface area (Å²) in [5, 5.41) is 3.99. The van der Waals surface area contributed by atoms with Crippen molar-refractivity contribution in [2.75, 3.05) is 7.11 Å². The molecule has 0 atom stereocenters. The Bertz CT molecular complexity index is 1220. The molecule has 0 saturated heterocycles. The molecule has 0 aliphatic rings. The molecule has 0 amide bonds. The second-order valence-electron chi connectivity index (χ2n) is 6.33. The standard InChI is InChI=1S/C20H13F5N2O2/c1-27-15(9-18(26-27)20(23,24)25)11-4-6-16-12(19(11)28-2)8-17(29-16)10-3-5-13(21)14(22)7-10/h3-9H,1-2H3. The molecule has 0 unspecified atom stereocenters. The van der Waals surface area contributed by atoms with E-state index in [0.29, 0.717) is 22.1 Å². The summed E-state index contributed by atoms with van der Waals surface area (Å²) >= 11 is 0. The second kappa shape index (κ2) is 6.61. The van der Waals surface area contributed by atoms with Crippen LogP contribution in [0.4, 0.5) is 22.0 Å². The van der Waals surface area contributed by atoms with E-state index in [4.69, 9.17) is 9.15 Å². The highest BCUT2D eigenvalue weighted by atomic mass is 19.4. The summed E-state index contributed by atoms with van der Waals surface area (Å²) in [5.41, 5.74) is 0.244. The Labute approximate surface area is 161 Å². The van der Waals surface area contributed by atoms with E-state index in [-0.39, 0.29) is 17.2 Å². The van der Waals surface area contributed by atoms with Crippen molar-refractivity contribution in [3.8, 4) is 28.3 Å². The van der Waals surface area contributed by atoms with Crippen molar-refractivity contribution in [1.29, 1.82) is 0 Å². The van der Waals surface area contributed by atoms with Crippen molar-refractivity contribution in [1.82, 2.24) is 9.78 Å². The predicted molar refractivity (Wildman–Crippen MR) is 95.3 cm³/mol. The van der Waals surface area contributed by atoms with Crippen molar-refractivity contribution >= 4 is 11.0 Å². The zero-order chi connectivity index (χ0) is 20.9. The lowest BCUT2D eigenvalue weighted by atomic mass is 10.1. The van der Waals surface area contributed by atoms with E-state index in [1.54, 1.807) is 18.2 Å². The molecule has 0 N–H and O–H groups in total. The van der Waals surface area contributed by atoms with Crippen molar-refractivity contribution < 1.29 is 31.1 Å². The Hall–Kier alpha value is -3.36. The summed E-state index contributed by atoms with van der Waals surface area (Å²) < 4.78 is 78.0. The normalized spacial score (nSPS) is 12.0. The van der Waals surface area contributed by atoms with Crippen molar-refractivity contribution in [2.45, 2.75) is 6.18 Å². The first-order valence-corrected chi connectivity index (χ1v) is 8.36. The van der Waals surface area contributed by atoms with Gasteiger partial charge in [-0.05, 0) is 42.5 Å². The minimum atomic E-state index is -4.58. The van der Waals surface area contributed by atoms with Crippen LogP contribution in [0.1, 0.15) is 5.69 Å². The number of halogens is 5. The molecule has 4 aromatic rings. The van der Waals surface area contributed by atoms with Crippen LogP contribution in [0.5, 0.6) is 5.75 Å². The molecule has 9 heteroatoms. The summed E-state index contributed by atoms with van der Waals surface area (Å²) in [6.07, 6.45) is -4.58. The molecule has 2 aromatic carbocycles. The Balaban J connectivity index is 1.88. The number of furan rings is 1. The van der Waals surface area contributed by atoms with Gasteiger partial charge in [-0.1, -0.05) is 0 Å². The Kier molecular flexibility index (Phi) is 4.33. The van der Waals surface area contributed by atoms with E-state index in [1.807, 2.05) is 0 Å². The van der Waals surface area contributed by atoms with Gasteiger partial charge in [0.25, 0.3) is 0 Å². The van der Waals surface area contributed by atoms with Gasteiger partial charge >= 0.3 is 6.18 Å². The fraction of sp³-hybridized carbons (Fsp3) is 0.150. The molecule has 2 heterocycles. The number of alkyl halides is 3. The molecular weight excluding hydrogens is 395 g/mol. The molecule has 0 fully saturated rings. The van der Waals surface area contributed by atoms with Gasteiger partial charge in [0, 0.05) is 18.2 Å². The largest absolute Gasteiger partial charge is 0.495 e. The predicted octanol–water partition coefficient (Wildman–Crippen LogP) is 5.81. The van der Waals surface area contributed by atoms with Crippen LogP contribution in [0.3, 0.4) is 0 Å². The summed E-state index contributed by atoms with van der Waals surface area (Å²) in [6.45, 7) is 0. The molecule has 2 aromatic heterocycles. The monoisotopic (exact) mass is 408 g/mol. The number of aryl methyl sites for hydroxylation is 1. The number of hydrogen-bond acceptors (Lipinski definition) is 3. The zero-order valence-electron chi connectivity index (χ0n) is 15.1. The SMILES string of the molecule is COc1c(-c2cc(C(F)(F)F)nn2C)ccc2oc(-c3ccc(F)c(F)c3)cc12. The van der Waals surface area contributed by atoms with Crippen LogP contribution >= 0.6 is 0 Å². The van der Waals surface area contributed by atoms with Gasteiger partial charge in [-0.3, -0.25) is 4.68 Å². The first-order chi connectivity index (χ1) is 13.7. The molecule has 0 bridgehead atoms. The number of ether oxygens (including phenoxy) is 1. The number of rotatable bonds is 3. The van der Waals surface area contributed by atoms with E-state index in [2.05, 4.69) is 5.10 Å². The van der Waals surface area contributed by atoms with Gasteiger partial charge in [0.05, 0.1) is 18.2 Å². The third kappa shape index (κ3) is 3.22. The number of methoxy groups -OCH3 is 1. The van der Waals surface area contributed by atoms with Crippen LogP contribution in [0.15, 0.2) is 46.9 Å². The van der Waals surface area contributed by atoms with Gasteiger partial charge in [0.2, 0.25) is 0 Å². The van der Waals surface area contributed by atoms with Gasteiger partial charge in [-0.2, -0.15) is 18.3 Å². The lowest BCUT2D eigenvalue weighted by molar-refractivity contribution is -0.141. The number of nitrogens with zero attached hydrogens (tertiary/aromatic N) is 2. The van der Waals surface area contributed by atoms with Crippen LogP contribution in [-0.4, -0.2) is 16.9 Å². The molecule has 0 saturated carbocycles. The van der Waals surface area contributed by atoms with Gasteiger partial charge in [0.1, 0.15) is 17.1 Å². The van der Waals surface area contributed by atoms with Gasteiger partial charge in [-0.15, -0.1) is 0 Å². The van der Waals surface area contributed by atoms with Crippen molar-refractivity contribution in [3.63, 3.8) is 0 Å². The number of benzene rings is 2. The highest BCUT2D eigenvalue weighted by Crippen LogP contribution is 2.41. The maximum Gasteiger partial charge on any atom is 0.435 e. The molecule has 0 aliphatic carbocycles. The van der Waals surface area contributed by atoms with Gasteiger partial charge in [0.15, 0.2) is 17.3 Å². The third-order valence-electron chi connectivity index (χ3n) is 4.51. The van der Waals surface area contributed by atoms with Crippen molar-refractivity contribution in [3.05, 3.63) is 59.8 Å². The van der Waals surface area contributed by atoms with Crippen LogP contribution in [-0.2, 0) is 13.2 Å². The van der Waals surface area contributed by atoms with Crippen LogP contribution in [0.2, 0.25) is 0 Å². The summed E-state index contributed by atoms with van der Waals surface area (Å²) in [5.74, 6) is -1.47. The van der Waals surface area contributed by atoms with Crippen LogP contribution < -0.4 is 4.74 Å². The lowest BCUT2D eigenvalue weighted by Gasteiger charge is -2.09. The molecule has 4 nitrogen and oxygen atoms in total. The number of fused-ring (bicyclic) bond motifs is 1. The molecule has 0 aliphatic heterocycles.